The first-order chi connectivity index (χ1) is 15.1. The van der Waals surface area contributed by atoms with Crippen LogP contribution >= 0.6 is 0 Å². The first-order valence-corrected chi connectivity index (χ1v) is 10.7. The van der Waals surface area contributed by atoms with Crippen molar-refractivity contribution in [1.82, 2.24) is 9.61 Å². The maximum Gasteiger partial charge on any atom is 0.253 e. The minimum Gasteiger partial charge on any atom is -0.380 e. The highest BCUT2D eigenvalue weighted by Gasteiger charge is 2.24. The van der Waals surface area contributed by atoms with Gasteiger partial charge >= 0.3 is 0 Å². The maximum atomic E-state index is 12.1. The van der Waals surface area contributed by atoms with Gasteiger partial charge in [-0.2, -0.15) is 5.10 Å². The predicted molar refractivity (Wildman–Crippen MR) is 125 cm³/mol. The van der Waals surface area contributed by atoms with Crippen LogP contribution in [0.1, 0.15) is 38.1 Å². The molecule has 0 unspecified atom stereocenters. The van der Waals surface area contributed by atoms with Crippen LogP contribution in [-0.2, 0) is 9.53 Å². The van der Waals surface area contributed by atoms with E-state index in [4.69, 9.17) is 10.5 Å². The van der Waals surface area contributed by atoms with Crippen molar-refractivity contribution in [2.45, 2.75) is 33.7 Å². The van der Waals surface area contributed by atoms with Crippen LogP contribution in [0.3, 0.4) is 0 Å². The second-order valence-corrected chi connectivity index (χ2v) is 9.23. The zero-order chi connectivity index (χ0) is 23.0. The Bertz CT molecular complexity index is 1160. The third-order valence-electron chi connectivity index (χ3n) is 6.06. The SMILES string of the molecule is C[C@@H](Nc1c(C(N)=O)cnn2cc(-c3ccc(N4CCOCC4=O)cc3)cc12)C(C)(C)C. The minimum absolute atomic E-state index is 0.0165. The number of amides is 2. The van der Waals surface area contributed by atoms with Gasteiger partial charge in [-0.25, -0.2) is 4.52 Å². The van der Waals surface area contributed by atoms with Gasteiger partial charge in [-0.15, -0.1) is 0 Å². The van der Waals surface area contributed by atoms with Crippen LogP contribution in [0.2, 0.25) is 0 Å². The summed E-state index contributed by atoms with van der Waals surface area (Å²) >= 11 is 0. The Balaban J connectivity index is 1.71. The Morgan fingerprint density at radius 3 is 2.56 bits per heavy atom. The van der Waals surface area contributed by atoms with E-state index in [0.717, 1.165) is 22.3 Å². The second-order valence-electron chi connectivity index (χ2n) is 9.23. The van der Waals surface area contributed by atoms with Crippen LogP contribution in [-0.4, -0.2) is 47.2 Å². The molecule has 3 aromatic rings. The summed E-state index contributed by atoms with van der Waals surface area (Å²) in [6.07, 6.45) is 3.42. The number of ether oxygens (including phenoxy) is 1. The number of aromatic nitrogens is 2. The molecule has 8 heteroatoms. The van der Waals surface area contributed by atoms with Crippen LogP contribution in [0.15, 0.2) is 42.7 Å². The van der Waals surface area contributed by atoms with E-state index < -0.39 is 5.91 Å². The highest BCUT2D eigenvalue weighted by Crippen LogP contribution is 2.32. The fourth-order valence-electron chi connectivity index (χ4n) is 3.61. The fraction of sp³-hybridized carbons (Fsp3) is 0.375. The summed E-state index contributed by atoms with van der Waals surface area (Å²) in [7, 11) is 0. The summed E-state index contributed by atoms with van der Waals surface area (Å²) in [5.74, 6) is -0.559. The number of hydrogen-bond donors (Lipinski definition) is 2. The van der Waals surface area contributed by atoms with E-state index in [1.54, 1.807) is 9.42 Å². The van der Waals surface area contributed by atoms with Gasteiger partial charge in [0.25, 0.3) is 11.8 Å². The monoisotopic (exact) mass is 435 g/mol. The third kappa shape index (κ3) is 4.18. The molecule has 8 nitrogen and oxygen atoms in total. The number of carbonyl (C=O) groups excluding carboxylic acids is 2. The van der Waals surface area contributed by atoms with Crippen LogP contribution < -0.4 is 16.0 Å². The van der Waals surface area contributed by atoms with Gasteiger partial charge in [-0.05, 0) is 36.1 Å². The number of fused-ring (bicyclic) bond motifs is 1. The average molecular weight is 436 g/mol. The molecule has 1 aliphatic heterocycles. The van der Waals surface area contributed by atoms with Crippen molar-refractivity contribution < 1.29 is 14.3 Å². The molecule has 1 saturated heterocycles. The molecule has 32 heavy (non-hydrogen) atoms. The van der Waals surface area contributed by atoms with E-state index in [2.05, 4.69) is 38.1 Å². The van der Waals surface area contributed by atoms with E-state index in [-0.39, 0.29) is 24.0 Å². The van der Waals surface area contributed by atoms with Gasteiger partial charge in [0.2, 0.25) is 0 Å². The highest BCUT2D eigenvalue weighted by molar-refractivity contribution is 6.02. The molecule has 0 saturated carbocycles. The van der Waals surface area contributed by atoms with E-state index in [0.29, 0.717) is 24.4 Å². The lowest BCUT2D eigenvalue weighted by atomic mass is 9.88. The largest absolute Gasteiger partial charge is 0.380 e. The molecule has 4 rings (SSSR count). The molecule has 2 amide bonds. The van der Waals surface area contributed by atoms with Crippen molar-refractivity contribution >= 4 is 28.7 Å². The maximum absolute atomic E-state index is 12.1. The molecule has 1 aromatic carbocycles. The lowest BCUT2D eigenvalue weighted by Crippen LogP contribution is -2.41. The van der Waals surface area contributed by atoms with E-state index in [9.17, 15) is 9.59 Å². The number of primary amides is 1. The summed E-state index contributed by atoms with van der Waals surface area (Å²) in [6.45, 7) is 9.69. The molecular weight excluding hydrogens is 406 g/mol. The lowest BCUT2D eigenvalue weighted by molar-refractivity contribution is -0.125. The number of hydrogen-bond acceptors (Lipinski definition) is 5. The molecular formula is C24H29N5O3. The van der Waals surface area contributed by atoms with E-state index >= 15 is 0 Å². The minimum atomic E-state index is -0.522. The number of nitrogens with two attached hydrogens (primary N) is 1. The number of nitrogens with one attached hydrogen (secondary N) is 1. The number of rotatable bonds is 5. The van der Waals surface area contributed by atoms with Crippen molar-refractivity contribution in [3.05, 3.63) is 48.3 Å². The van der Waals surface area contributed by atoms with Crippen LogP contribution in [0.25, 0.3) is 16.6 Å². The number of morpholine rings is 1. The topological polar surface area (TPSA) is 102 Å². The fourth-order valence-corrected chi connectivity index (χ4v) is 3.61. The van der Waals surface area contributed by atoms with Gasteiger partial charge in [-0.1, -0.05) is 32.9 Å². The third-order valence-corrected chi connectivity index (χ3v) is 6.06. The molecule has 1 atom stereocenters. The smallest absolute Gasteiger partial charge is 0.253 e. The van der Waals surface area contributed by atoms with Crippen LogP contribution in [0.5, 0.6) is 0 Å². The zero-order valence-corrected chi connectivity index (χ0v) is 18.9. The van der Waals surface area contributed by atoms with Crippen molar-refractivity contribution in [3.8, 4) is 11.1 Å². The number of benzene rings is 1. The summed E-state index contributed by atoms with van der Waals surface area (Å²) in [6, 6.07) is 9.91. The first kappa shape index (κ1) is 21.8. The lowest BCUT2D eigenvalue weighted by Gasteiger charge is -2.29. The van der Waals surface area contributed by atoms with Gasteiger partial charge in [-0.3, -0.25) is 9.59 Å². The van der Waals surface area contributed by atoms with Gasteiger partial charge < -0.3 is 20.7 Å². The van der Waals surface area contributed by atoms with Gasteiger partial charge in [0, 0.05) is 30.0 Å². The quantitative estimate of drug-likeness (QED) is 0.640. The molecule has 2 aromatic heterocycles. The van der Waals surface area contributed by atoms with E-state index in [1.165, 1.54) is 6.20 Å². The molecule has 3 heterocycles. The van der Waals surface area contributed by atoms with Crippen molar-refractivity contribution in [3.63, 3.8) is 0 Å². The van der Waals surface area contributed by atoms with Crippen LogP contribution in [0.4, 0.5) is 11.4 Å². The predicted octanol–water partition coefficient (Wildman–Crippen LogP) is 3.31. The van der Waals surface area contributed by atoms with Gasteiger partial charge in [0.1, 0.15) is 6.61 Å². The Morgan fingerprint density at radius 2 is 1.94 bits per heavy atom. The Morgan fingerprint density at radius 1 is 1.22 bits per heavy atom. The first-order valence-electron chi connectivity index (χ1n) is 10.7. The Hall–Kier alpha value is -3.39. The molecule has 168 valence electrons. The number of nitrogens with zero attached hydrogens (tertiary/aromatic N) is 3. The Kier molecular flexibility index (Phi) is 5.64. The van der Waals surface area contributed by atoms with Crippen molar-refractivity contribution in [2.75, 3.05) is 30.0 Å². The number of carbonyl (C=O) groups is 2. The number of anilines is 2. The second kappa shape index (κ2) is 8.27. The molecule has 0 aliphatic carbocycles. The average Bonchev–Trinajstić information content (AvgIpc) is 3.18. The van der Waals surface area contributed by atoms with E-state index in [1.807, 2.05) is 36.5 Å². The normalized spacial score (nSPS) is 15.8. The Labute approximate surface area is 187 Å². The molecule has 0 spiro atoms. The van der Waals surface area contributed by atoms with Crippen LogP contribution in [0, 0.1) is 5.41 Å². The molecule has 3 N–H and O–H groups in total. The summed E-state index contributed by atoms with van der Waals surface area (Å²) in [5.41, 5.74) is 10.2. The standard InChI is InChI=1S/C24H29N5O3/c1-15(24(2,3)4)27-22-19(23(25)31)12-26-29-13-17(11-20(22)29)16-5-7-18(8-6-16)28-9-10-32-14-21(28)30/h5-8,11-13,15,27H,9-10,14H2,1-4H3,(H2,25,31)/t15-/m1/s1. The molecule has 0 radical (unpaired) electrons. The van der Waals surface area contributed by atoms with Crippen molar-refractivity contribution in [2.24, 2.45) is 11.1 Å². The van der Waals surface area contributed by atoms with Gasteiger partial charge in [0.15, 0.2) is 0 Å². The molecule has 0 bridgehead atoms. The van der Waals surface area contributed by atoms with Gasteiger partial charge in [0.05, 0.1) is 29.6 Å². The summed E-state index contributed by atoms with van der Waals surface area (Å²) in [4.78, 5) is 25.9. The summed E-state index contributed by atoms with van der Waals surface area (Å²) < 4.78 is 6.96. The highest BCUT2D eigenvalue weighted by atomic mass is 16.5. The molecule has 1 fully saturated rings. The zero-order valence-electron chi connectivity index (χ0n) is 18.9. The summed E-state index contributed by atoms with van der Waals surface area (Å²) in [5, 5.41) is 7.87. The van der Waals surface area contributed by atoms with Crippen molar-refractivity contribution in [1.29, 1.82) is 0 Å². The molecule has 1 aliphatic rings.